The summed E-state index contributed by atoms with van der Waals surface area (Å²) in [7, 11) is 0. The fourth-order valence-corrected chi connectivity index (χ4v) is 6.29. The van der Waals surface area contributed by atoms with Crippen LogP contribution in [0.15, 0.2) is 140 Å². The molecule has 1 aliphatic heterocycles. The van der Waals surface area contributed by atoms with Gasteiger partial charge in [0.25, 0.3) is 0 Å². The highest BCUT2D eigenvalue weighted by atomic mass is 15.1. The fourth-order valence-electron chi connectivity index (χ4n) is 6.29. The zero-order valence-electron chi connectivity index (χ0n) is 23.0. The fraction of sp³-hybridized carbons (Fsp3) is 0. The number of rotatable bonds is 3. The second kappa shape index (κ2) is 9.29. The van der Waals surface area contributed by atoms with Crippen molar-refractivity contribution in [2.45, 2.75) is 0 Å². The number of benzene rings is 5. The lowest BCUT2D eigenvalue weighted by Gasteiger charge is -2.14. The first-order valence-corrected chi connectivity index (χ1v) is 14.3. The smallest absolute Gasteiger partial charge is 0.182 e. The summed E-state index contributed by atoms with van der Waals surface area (Å²) < 4.78 is 2.37. The van der Waals surface area contributed by atoms with Gasteiger partial charge in [-0.2, -0.15) is 0 Å². The van der Waals surface area contributed by atoms with Gasteiger partial charge in [0.2, 0.25) is 0 Å². The van der Waals surface area contributed by atoms with E-state index < -0.39 is 0 Å². The van der Waals surface area contributed by atoms with Crippen molar-refractivity contribution in [3.63, 3.8) is 0 Å². The zero-order chi connectivity index (χ0) is 28.3. The van der Waals surface area contributed by atoms with Gasteiger partial charge in [-0.15, -0.1) is 0 Å². The molecule has 0 saturated carbocycles. The number of nitrogens with zero attached hydrogens (tertiary/aromatic N) is 5. The standard InChI is InChI=1S/C38H23N5/c1-3-12-24(13-4-1)36-40-37(25-14-5-2-6-15-25)42-38(41-36)31-22-23-33-34(39-31)28-18-8-7-16-26(28)29-19-11-20-30-27-17-9-10-21-32(27)43(33)35(29)30/h1-23H. The van der Waals surface area contributed by atoms with Gasteiger partial charge in [0.1, 0.15) is 5.69 Å². The number of fused-ring (bicyclic) bond motifs is 8. The van der Waals surface area contributed by atoms with Crippen LogP contribution in [0.4, 0.5) is 0 Å². The molecule has 8 aromatic rings. The normalized spacial score (nSPS) is 11.7. The van der Waals surface area contributed by atoms with Gasteiger partial charge in [-0.25, -0.2) is 19.9 Å². The average molecular weight is 550 g/mol. The maximum Gasteiger partial charge on any atom is 0.182 e. The van der Waals surface area contributed by atoms with E-state index in [0.29, 0.717) is 23.2 Å². The number of hydrogen-bond donors (Lipinski definition) is 0. The van der Waals surface area contributed by atoms with E-state index in [2.05, 4.69) is 77.4 Å². The van der Waals surface area contributed by atoms with Gasteiger partial charge in [0, 0.05) is 33.0 Å². The van der Waals surface area contributed by atoms with Crippen molar-refractivity contribution < 1.29 is 0 Å². The Morgan fingerprint density at radius 3 is 1.72 bits per heavy atom. The Bertz CT molecular complexity index is 2280. The van der Waals surface area contributed by atoms with E-state index in [4.69, 9.17) is 19.9 Å². The van der Waals surface area contributed by atoms with Gasteiger partial charge in [0.05, 0.1) is 22.4 Å². The minimum atomic E-state index is 0.539. The maximum atomic E-state index is 5.34. The lowest BCUT2D eigenvalue weighted by Crippen LogP contribution is -2.03. The summed E-state index contributed by atoms with van der Waals surface area (Å²) in [6, 6.07) is 48.0. The highest BCUT2D eigenvalue weighted by Crippen LogP contribution is 2.46. The molecular weight excluding hydrogens is 526 g/mol. The molecule has 0 saturated heterocycles. The number of pyridine rings is 1. The number of para-hydroxylation sites is 2. The minimum absolute atomic E-state index is 0.539. The Hall–Kier alpha value is -5.94. The molecule has 1 aliphatic rings. The van der Waals surface area contributed by atoms with Gasteiger partial charge >= 0.3 is 0 Å². The summed E-state index contributed by atoms with van der Waals surface area (Å²) in [6.45, 7) is 0. The molecule has 4 heterocycles. The van der Waals surface area contributed by atoms with E-state index in [1.165, 1.54) is 21.9 Å². The van der Waals surface area contributed by atoms with Crippen LogP contribution in [0.2, 0.25) is 0 Å². The second-order valence-electron chi connectivity index (χ2n) is 10.7. The van der Waals surface area contributed by atoms with Crippen molar-refractivity contribution in [3.05, 3.63) is 140 Å². The van der Waals surface area contributed by atoms with E-state index in [-0.39, 0.29) is 0 Å². The van der Waals surface area contributed by atoms with Gasteiger partial charge in [-0.3, -0.25) is 0 Å². The Kier molecular flexibility index (Phi) is 5.13. The molecule has 5 aromatic carbocycles. The molecule has 0 atom stereocenters. The van der Waals surface area contributed by atoms with Crippen LogP contribution >= 0.6 is 0 Å². The van der Waals surface area contributed by atoms with Crippen molar-refractivity contribution in [2.75, 3.05) is 0 Å². The van der Waals surface area contributed by atoms with Crippen LogP contribution in [0.3, 0.4) is 0 Å². The Morgan fingerprint density at radius 2 is 0.977 bits per heavy atom. The highest BCUT2D eigenvalue weighted by Gasteiger charge is 2.26. The Labute approximate surface area is 247 Å². The minimum Gasteiger partial charge on any atom is -0.306 e. The molecule has 0 radical (unpaired) electrons. The van der Waals surface area contributed by atoms with Crippen LogP contribution in [0.25, 0.3) is 84.2 Å². The lowest BCUT2D eigenvalue weighted by atomic mass is 9.96. The summed E-state index contributed by atoms with van der Waals surface area (Å²) in [6.07, 6.45) is 0. The average Bonchev–Trinajstić information content (AvgIpc) is 3.37. The van der Waals surface area contributed by atoms with Crippen molar-refractivity contribution in [3.8, 4) is 62.4 Å². The van der Waals surface area contributed by atoms with Crippen LogP contribution < -0.4 is 0 Å². The van der Waals surface area contributed by atoms with E-state index in [0.717, 1.165) is 39.2 Å². The van der Waals surface area contributed by atoms with Crippen molar-refractivity contribution in [1.29, 1.82) is 0 Å². The lowest BCUT2D eigenvalue weighted by molar-refractivity contribution is 1.05. The summed E-state index contributed by atoms with van der Waals surface area (Å²) in [5.74, 6) is 1.77. The van der Waals surface area contributed by atoms with Crippen LogP contribution in [0, 0.1) is 0 Å². The van der Waals surface area contributed by atoms with Crippen LogP contribution in [0.1, 0.15) is 0 Å². The van der Waals surface area contributed by atoms with Crippen molar-refractivity contribution >= 4 is 21.8 Å². The third kappa shape index (κ3) is 3.65. The molecule has 0 aliphatic carbocycles. The van der Waals surface area contributed by atoms with Gasteiger partial charge in [-0.1, -0.05) is 121 Å². The van der Waals surface area contributed by atoms with Crippen LogP contribution in [-0.2, 0) is 0 Å². The number of aromatic nitrogens is 5. The molecule has 0 amide bonds. The van der Waals surface area contributed by atoms with E-state index >= 15 is 0 Å². The predicted molar refractivity (Wildman–Crippen MR) is 173 cm³/mol. The molecule has 0 fully saturated rings. The second-order valence-corrected chi connectivity index (χ2v) is 10.7. The summed E-state index contributed by atoms with van der Waals surface area (Å²) in [5, 5.41) is 2.46. The summed E-state index contributed by atoms with van der Waals surface area (Å²) >= 11 is 0. The van der Waals surface area contributed by atoms with Gasteiger partial charge < -0.3 is 4.57 Å². The Morgan fingerprint density at radius 1 is 0.395 bits per heavy atom. The predicted octanol–water partition coefficient (Wildman–Crippen LogP) is 9.01. The van der Waals surface area contributed by atoms with E-state index in [9.17, 15) is 0 Å². The van der Waals surface area contributed by atoms with E-state index in [1.807, 2.05) is 66.7 Å². The summed E-state index contributed by atoms with van der Waals surface area (Å²) in [4.78, 5) is 20.1. The third-order valence-electron chi connectivity index (χ3n) is 8.21. The molecule has 0 unspecified atom stereocenters. The first-order valence-electron chi connectivity index (χ1n) is 14.3. The first kappa shape index (κ1) is 23.7. The highest BCUT2D eigenvalue weighted by molar-refractivity contribution is 6.16. The maximum absolute atomic E-state index is 5.34. The van der Waals surface area contributed by atoms with E-state index in [1.54, 1.807) is 0 Å². The molecule has 0 N–H and O–H groups in total. The zero-order valence-corrected chi connectivity index (χ0v) is 23.0. The molecule has 200 valence electrons. The van der Waals surface area contributed by atoms with Crippen LogP contribution in [0.5, 0.6) is 0 Å². The van der Waals surface area contributed by atoms with Crippen molar-refractivity contribution in [1.82, 2.24) is 24.5 Å². The molecule has 43 heavy (non-hydrogen) atoms. The topological polar surface area (TPSA) is 56.5 Å². The molecule has 9 rings (SSSR count). The molecule has 0 spiro atoms. The first-order chi connectivity index (χ1) is 21.3. The summed E-state index contributed by atoms with van der Waals surface area (Å²) in [5.41, 5.74) is 10.3. The third-order valence-corrected chi connectivity index (χ3v) is 8.21. The molecule has 0 bridgehead atoms. The monoisotopic (exact) mass is 549 g/mol. The largest absolute Gasteiger partial charge is 0.306 e. The molecular formula is C38H23N5. The van der Waals surface area contributed by atoms with Crippen molar-refractivity contribution in [2.24, 2.45) is 0 Å². The SMILES string of the molecule is c1ccc(-c2nc(-c3ccccc3)nc(-c3ccc4c(n3)-c3ccccc3-c3cccc5c6ccccc6n-4c35)n2)cc1. The van der Waals surface area contributed by atoms with Gasteiger partial charge in [-0.05, 0) is 23.8 Å². The molecule has 3 aromatic heterocycles. The van der Waals surface area contributed by atoms with Gasteiger partial charge in [0.15, 0.2) is 17.5 Å². The Balaban J connectivity index is 1.33. The number of hydrogen-bond acceptors (Lipinski definition) is 4. The molecule has 5 nitrogen and oxygen atoms in total. The quantitative estimate of drug-likeness (QED) is 0.221. The molecule has 5 heteroatoms. The van der Waals surface area contributed by atoms with Crippen LogP contribution in [-0.4, -0.2) is 24.5 Å².